The number of hydrogen-bond donors (Lipinski definition) is 2. The van der Waals surface area contributed by atoms with Crippen molar-refractivity contribution in [2.45, 2.75) is 12.6 Å². The van der Waals surface area contributed by atoms with Gasteiger partial charge in [0.2, 0.25) is 5.91 Å². The van der Waals surface area contributed by atoms with E-state index in [1.165, 1.54) is 36.4 Å². The summed E-state index contributed by atoms with van der Waals surface area (Å²) in [7, 11) is 0. The molecule has 0 aliphatic rings. The van der Waals surface area contributed by atoms with Crippen LogP contribution in [0.25, 0.3) is 0 Å². The van der Waals surface area contributed by atoms with Gasteiger partial charge in [0, 0.05) is 24.3 Å². The molecular weight excluding hydrogens is 312 g/mol. The highest BCUT2D eigenvalue weighted by molar-refractivity contribution is 5.90. The Hall–Kier alpha value is -2.57. The van der Waals surface area contributed by atoms with Crippen LogP contribution in [0.1, 0.15) is 12.0 Å². The highest BCUT2D eigenvalue weighted by Crippen LogP contribution is 2.30. The molecule has 0 heterocycles. The fourth-order valence-corrected chi connectivity index (χ4v) is 1.88. The summed E-state index contributed by atoms with van der Waals surface area (Å²) in [4.78, 5) is 11.7. The van der Waals surface area contributed by atoms with Crippen molar-refractivity contribution >= 4 is 17.3 Å². The van der Waals surface area contributed by atoms with E-state index in [9.17, 15) is 22.4 Å². The number of nitrogens with one attached hydrogen (secondary N) is 2. The monoisotopic (exact) mass is 326 g/mol. The molecule has 2 rings (SSSR count). The maximum atomic E-state index is 12.7. The minimum atomic E-state index is -4.41. The van der Waals surface area contributed by atoms with Crippen LogP contribution in [0.3, 0.4) is 0 Å². The van der Waals surface area contributed by atoms with E-state index in [4.69, 9.17) is 0 Å². The number of halogens is 4. The summed E-state index contributed by atoms with van der Waals surface area (Å²) in [5.41, 5.74) is -0.0110. The van der Waals surface area contributed by atoms with Gasteiger partial charge in [0.05, 0.1) is 5.56 Å². The highest BCUT2D eigenvalue weighted by atomic mass is 19.4. The molecule has 2 aromatic carbocycles. The minimum Gasteiger partial charge on any atom is -0.385 e. The molecule has 0 unspecified atom stereocenters. The van der Waals surface area contributed by atoms with Gasteiger partial charge in [-0.05, 0) is 42.5 Å². The number of hydrogen-bond acceptors (Lipinski definition) is 2. The summed E-state index contributed by atoms with van der Waals surface area (Å²) < 4.78 is 50.4. The molecule has 0 fully saturated rings. The van der Waals surface area contributed by atoms with Crippen LogP contribution in [0, 0.1) is 5.82 Å². The second-order valence-corrected chi connectivity index (χ2v) is 4.81. The lowest BCUT2D eigenvalue weighted by Crippen LogP contribution is -2.16. The molecule has 7 heteroatoms. The smallest absolute Gasteiger partial charge is 0.385 e. The van der Waals surface area contributed by atoms with Crippen LogP contribution in [-0.2, 0) is 11.0 Å². The van der Waals surface area contributed by atoms with E-state index < -0.39 is 17.6 Å². The second kappa shape index (κ2) is 7.13. The Labute approximate surface area is 130 Å². The fraction of sp³-hybridized carbons (Fsp3) is 0.188. The standard InChI is InChI=1S/C16H14F4N2O/c17-12-4-6-13(7-5-12)22-15(23)8-9-21-14-3-1-2-11(10-14)16(18,19)20/h1-7,10,21H,8-9H2,(H,22,23). The van der Waals surface area contributed by atoms with Gasteiger partial charge in [0.15, 0.2) is 0 Å². The molecule has 0 bridgehead atoms. The van der Waals surface area contributed by atoms with Gasteiger partial charge in [0.1, 0.15) is 5.82 Å². The largest absolute Gasteiger partial charge is 0.416 e. The summed E-state index contributed by atoms with van der Waals surface area (Å²) in [6.07, 6.45) is -4.34. The van der Waals surface area contributed by atoms with Crippen molar-refractivity contribution in [3.63, 3.8) is 0 Å². The molecule has 122 valence electrons. The predicted molar refractivity (Wildman–Crippen MR) is 79.6 cm³/mol. The van der Waals surface area contributed by atoms with E-state index in [1.807, 2.05) is 0 Å². The Morgan fingerprint density at radius 3 is 2.35 bits per heavy atom. The lowest BCUT2D eigenvalue weighted by atomic mass is 10.2. The van der Waals surface area contributed by atoms with Crippen LogP contribution in [0.15, 0.2) is 48.5 Å². The van der Waals surface area contributed by atoms with Gasteiger partial charge in [-0.25, -0.2) is 4.39 Å². The topological polar surface area (TPSA) is 41.1 Å². The van der Waals surface area contributed by atoms with Crippen LogP contribution in [0.4, 0.5) is 28.9 Å². The van der Waals surface area contributed by atoms with Gasteiger partial charge in [-0.3, -0.25) is 4.79 Å². The summed E-state index contributed by atoms with van der Waals surface area (Å²) in [5.74, 6) is -0.731. The van der Waals surface area contributed by atoms with E-state index in [2.05, 4.69) is 10.6 Å². The third-order valence-electron chi connectivity index (χ3n) is 3.00. The Morgan fingerprint density at radius 2 is 1.70 bits per heavy atom. The summed E-state index contributed by atoms with van der Waals surface area (Å²) in [6.45, 7) is 0.175. The molecule has 0 radical (unpaired) electrons. The first-order chi connectivity index (χ1) is 10.8. The third kappa shape index (κ3) is 5.28. The molecule has 3 nitrogen and oxygen atoms in total. The number of alkyl halides is 3. The summed E-state index contributed by atoms with van der Waals surface area (Å²) >= 11 is 0. The van der Waals surface area contributed by atoms with Crippen molar-refractivity contribution in [1.82, 2.24) is 0 Å². The first-order valence-electron chi connectivity index (χ1n) is 6.81. The van der Waals surface area contributed by atoms with E-state index in [-0.39, 0.29) is 24.6 Å². The van der Waals surface area contributed by atoms with Crippen molar-refractivity contribution in [2.75, 3.05) is 17.2 Å². The summed E-state index contributed by atoms with van der Waals surface area (Å²) in [5, 5.41) is 5.33. The molecule has 0 aromatic heterocycles. The van der Waals surface area contributed by atoms with Gasteiger partial charge in [0.25, 0.3) is 0 Å². The van der Waals surface area contributed by atoms with Crippen molar-refractivity contribution in [3.05, 3.63) is 59.9 Å². The average molecular weight is 326 g/mol. The molecule has 2 aromatic rings. The van der Waals surface area contributed by atoms with Crippen LogP contribution in [0.2, 0.25) is 0 Å². The molecule has 0 saturated heterocycles. The Balaban J connectivity index is 1.82. The van der Waals surface area contributed by atoms with Crippen molar-refractivity contribution < 1.29 is 22.4 Å². The number of rotatable bonds is 5. The van der Waals surface area contributed by atoms with Crippen LogP contribution >= 0.6 is 0 Å². The summed E-state index contributed by atoms with van der Waals surface area (Å²) in [6, 6.07) is 10.0. The van der Waals surface area contributed by atoms with E-state index in [0.717, 1.165) is 12.1 Å². The molecule has 23 heavy (non-hydrogen) atoms. The Bertz CT molecular complexity index is 669. The number of anilines is 2. The van der Waals surface area contributed by atoms with Crippen LogP contribution in [-0.4, -0.2) is 12.5 Å². The maximum Gasteiger partial charge on any atom is 0.416 e. The van der Waals surface area contributed by atoms with Gasteiger partial charge >= 0.3 is 6.18 Å². The predicted octanol–water partition coefficient (Wildman–Crippen LogP) is 4.29. The molecule has 1 amide bonds. The van der Waals surface area contributed by atoms with Gasteiger partial charge < -0.3 is 10.6 Å². The number of amides is 1. The number of carbonyl (C=O) groups is 1. The van der Waals surface area contributed by atoms with Gasteiger partial charge in [-0.2, -0.15) is 13.2 Å². The average Bonchev–Trinajstić information content (AvgIpc) is 2.49. The third-order valence-corrected chi connectivity index (χ3v) is 3.00. The molecular formula is C16H14F4N2O. The first kappa shape index (κ1) is 16.8. The number of benzene rings is 2. The molecule has 2 N–H and O–H groups in total. The molecule has 0 spiro atoms. The van der Waals surface area contributed by atoms with Gasteiger partial charge in [-0.15, -0.1) is 0 Å². The van der Waals surface area contributed by atoms with Gasteiger partial charge in [-0.1, -0.05) is 6.07 Å². The normalized spacial score (nSPS) is 11.1. The first-order valence-corrected chi connectivity index (χ1v) is 6.81. The van der Waals surface area contributed by atoms with Crippen molar-refractivity contribution in [3.8, 4) is 0 Å². The quantitative estimate of drug-likeness (QED) is 0.805. The Kier molecular flexibility index (Phi) is 5.20. The van der Waals surface area contributed by atoms with E-state index in [1.54, 1.807) is 0 Å². The Morgan fingerprint density at radius 1 is 1.00 bits per heavy atom. The molecule has 0 saturated carbocycles. The zero-order valence-corrected chi connectivity index (χ0v) is 12.0. The maximum absolute atomic E-state index is 12.7. The molecule has 0 aliphatic carbocycles. The lowest BCUT2D eigenvalue weighted by molar-refractivity contribution is -0.137. The van der Waals surface area contributed by atoms with Crippen LogP contribution < -0.4 is 10.6 Å². The van der Waals surface area contributed by atoms with Crippen molar-refractivity contribution in [1.29, 1.82) is 0 Å². The number of carbonyl (C=O) groups excluding carboxylic acids is 1. The molecule has 0 aliphatic heterocycles. The van der Waals surface area contributed by atoms with E-state index in [0.29, 0.717) is 5.69 Å². The van der Waals surface area contributed by atoms with Crippen LogP contribution in [0.5, 0.6) is 0 Å². The molecule has 0 atom stereocenters. The zero-order chi connectivity index (χ0) is 16.9. The zero-order valence-electron chi connectivity index (χ0n) is 12.0. The SMILES string of the molecule is O=C(CCNc1cccc(C(F)(F)F)c1)Nc1ccc(F)cc1. The highest BCUT2D eigenvalue weighted by Gasteiger charge is 2.30. The second-order valence-electron chi connectivity index (χ2n) is 4.81. The fourth-order valence-electron chi connectivity index (χ4n) is 1.88. The lowest BCUT2D eigenvalue weighted by Gasteiger charge is -2.10. The van der Waals surface area contributed by atoms with Crippen molar-refractivity contribution in [2.24, 2.45) is 0 Å². The minimum absolute atomic E-state index is 0.0631. The van der Waals surface area contributed by atoms with E-state index >= 15 is 0 Å².